The first-order valence-electron chi connectivity index (χ1n) is 3.18. The maximum atomic E-state index is 11.1. The quantitative estimate of drug-likeness (QED) is 0.411. The summed E-state index contributed by atoms with van der Waals surface area (Å²) in [5, 5.41) is 17.5. The van der Waals surface area contributed by atoms with Crippen molar-refractivity contribution in [1.82, 2.24) is 4.68 Å². The number of aromatic hydroxyl groups is 1. The van der Waals surface area contributed by atoms with Gasteiger partial charge in [-0.3, -0.25) is 4.79 Å². The van der Waals surface area contributed by atoms with Gasteiger partial charge in [-0.15, -0.1) is 0 Å². The van der Waals surface area contributed by atoms with Crippen LogP contribution in [0.2, 0.25) is 0 Å². The van der Waals surface area contributed by atoms with Crippen molar-refractivity contribution in [1.29, 1.82) is 5.26 Å². The predicted molar refractivity (Wildman–Crippen MR) is 49.1 cm³/mol. The van der Waals surface area contributed by atoms with Gasteiger partial charge in [-0.2, -0.15) is 9.94 Å². The normalized spacial score (nSPS) is 8.62. The number of nitrogen functional groups attached to an aromatic ring is 1. The van der Waals surface area contributed by atoms with Crippen LogP contribution in [0.4, 0.5) is 0 Å². The standard InChI is InChI=1S/C7H7N3O2.K.H/c1-4-2-6(11)10(9)7(12)5(4)3-8;;/h2,11H,9H2,1H3;;. The van der Waals surface area contributed by atoms with Crippen LogP contribution in [0.1, 0.15) is 11.1 Å². The van der Waals surface area contributed by atoms with E-state index in [2.05, 4.69) is 0 Å². The zero-order chi connectivity index (χ0) is 9.30. The van der Waals surface area contributed by atoms with Crippen LogP contribution in [-0.2, 0) is 0 Å². The van der Waals surface area contributed by atoms with Crippen LogP contribution in [0.25, 0.3) is 0 Å². The Hall–Kier alpha value is -0.324. The van der Waals surface area contributed by atoms with Gasteiger partial charge in [-0.25, -0.2) is 0 Å². The number of nitrogens with two attached hydrogens (primary N) is 1. The molecule has 0 aliphatic heterocycles. The third-order valence-electron chi connectivity index (χ3n) is 1.53. The average molecular weight is 205 g/mol. The fourth-order valence-electron chi connectivity index (χ4n) is 0.865. The Bertz CT molecular complexity index is 419. The van der Waals surface area contributed by atoms with E-state index in [0.717, 1.165) is 0 Å². The van der Waals surface area contributed by atoms with Crippen LogP contribution in [0.15, 0.2) is 10.9 Å². The molecule has 1 heterocycles. The van der Waals surface area contributed by atoms with E-state index in [-0.39, 0.29) is 62.8 Å². The van der Waals surface area contributed by atoms with Crippen LogP contribution in [0.5, 0.6) is 5.88 Å². The van der Waals surface area contributed by atoms with E-state index >= 15 is 0 Å². The molecule has 0 spiro atoms. The van der Waals surface area contributed by atoms with Crippen molar-refractivity contribution >= 4 is 51.4 Å². The van der Waals surface area contributed by atoms with E-state index in [0.29, 0.717) is 10.2 Å². The number of aryl methyl sites for hydroxylation is 1. The van der Waals surface area contributed by atoms with Crippen molar-refractivity contribution < 1.29 is 5.11 Å². The number of aromatic nitrogens is 1. The Morgan fingerprint density at radius 1 is 1.69 bits per heavy atom. The fourth-order valence-corrected chi connectivity index (χ4v) is 0.865. The first-order chi connectivity index (χ1) is 5.57. The molecule has 0 bridgehead atoms. The summed E-state index contributed by atoms with van der Waals surface area (Å²) in [4.78, 5) is 11.1. The number of nitrogens with zero attached hydrogens (tertiary/aromatic N) is 2. The zero-order valence-electron chi connectivity index (χ0n) is 6.40. The third-order valence-corrected chi connectivity index (χ3v) is 1.53. The molecule has 1 aromatic rings. The van der Waals surface area contributed by atoms with Gasteiger partial charge in [0.25, 0.3) is 5.56 Å². The molecule has 0 aliphatic rings. The predicted octanol–water partition coefficient (Wildman–Crippen LogP) is -1.20. The molecule has 3 N–H and O–H groups in total. The van der Waals surface area contributed by atoms with Gasteiger partial charge in [0, 0.05) is 6.07 Å². The summed E-state index contributed by atoms with van der Waals surface area (Å²) in [5.41, 5.74) is -0.313. The molecule has 6 heteroatoms. The number of hydrogen-bond donors (Lipinski definition) is 2. The molecule has 0 radical (unpaired) electrons. The van der Waals surface area contributed by atoms with Crippen molar-refractivity contribution in [2.75, 3.05) is 5.84 Å². The van der Waals surface area contributed by atoms with Gasteiger partial charge in [0.15, 0.2) is 0 Å². The van der Waals surface area contributed by atoms with Gasteiger partial charge in [0.1, 0.15) is 11.6 Å². The molecule has 0 atom stereocenters. The number of rotatable bonds is 0. The second-order valence-corrected chi connectivity index (χ2v) is 2.35. The molecule has 0 unspecified atom stereocenters. The van der Waals surface area contributed by atoms with Crippen LogP contribution >= 0.6 is 0 Å². The SMILES string of the molecule is Cc1cc(O)n(N)c(=O)c1C#N.[KH]. The molecule has 0 saturated carbocycles. The van der Waals surface area contributed by atoms with Gasteiger partial charge in [-0.05, 0) is 12.5 Å². The van der Waals surface area contributed by atoms with Crippen molar-refractivity contribution in [3.05, 3.63) is 27.5 Å². The van der Waals surface area contributed by atoms with Gasteiger partial charge < -0.3 is 10.9 Å². The van der Waals surface area contributed by atoms with Crippen molar-refractivity contribution in [3.8, 4) is 11.9 Å². The Labute approximate surface area is 117 Å². The summed E-state index contributed by atoms with van der Waals surface area (Å²) in [7, 11) is 0. The van der Waals surface area contributed by atoms with Crippen LogP contribution in [-0.4, -0.2) is 61.2 Å². The molecule has 0 amide bonds. The second kappa shape index (κ2) is 4.79. The monoisotopic (exact) mass is 205 g/mol. The summed E-state index contributed by atoms with van der Waals surface area (Å²) in [6, 6.07) is 2.97. The maximum absolute atomic E-state index is 11.1. The molecule has 1 rings (SSSR count). The minimum atomic E-state index is -0.685. The molecular formula is C7H8KN3O2. The molecular weight excluding hydrogens is 197 g/mol. The first kappa shape index (κ1) is 12.7. The van der Waals surface area contributed by atoms with E-state index in [1.807, 2.05) is 0 Å². The molecule has 13 heavy (non-hydrogen) atoms. The zero-order valence-corrected chi connectivity index (χ0v) is 6.40. The molecule has 0 fully saturated rings. The second-order valence-electron chi connectivity index (χ2n) is 2.35. The van der Waals surface area contributed by atoms with Crippen LogP contribution < -0.4 is 11.4 Å². The van der Waals surface area contributed by atoms with Crippen LogP contribution in [0, 0.1) is 18.3 Å². The van der Waals surface area contributed by atoms with Crippen molar-refractivity contribution in [2.24, 2.45) is 0 Å². The summed E-state index contributed by atoms with van der Waals surface area (Å²) in [6.07, 6.45) is 0. The molecule has 0 aromatic carbocycles. The van der Waals surface area contributed by atoms with E-state index in [9.17, 15) is 4.79 Å². The fraction of sp³-hybridized carbons (Fsp3) is 0.143. The molecule has 64 valence electrons. The Balaban J connectivity index is 0.00000144. The molecule has 0 aliphatic carbocycles. The number of hydrogen-bond acceptors (Lipinski definition) is 4. The Kier molecular flexibility index (Phi) is 4.67. The van der Waals surface area contributed by atoms with Gasteiger partial charge in [0.05, 0.1) is 0 Å². The Morgan fingerprint density at radius 2 is 2.23 bits per heavy atom. The van der Waals surface area contributed by atoms with E-state index in [1.54, 1.807) is 13.0 Å². The Morgan fingerprint density at radius 3 is 2.69 bits per heavy atom. The molecule has 1 aromatic heterocycles. The van der Waals surface area contributed by atoms with Gasteiger partial charge in [-0.1, -0.05) is 0 Å². The first-order valence-corrected chi connectivity index (χ1v) is 3.18. The summed E-state index contributed by atoms with van der Waals surface area (Å²) >= 11 is 0. The summed E-state index contributed by atoms with van der Waals surface area (Å²) in [6.45, 7) is 1.56. The average Bonchev–Trinajstić information content (AvgIpc) is 2.01. The van der Waals surface area contributed by atoms with E-state index in [1.165, 1.54) is 6.07 Å². The molecule has 5 nitrogen and oxygen atoms in total. The van der Waals surface area contributed by atoms with E-state index in [4.69, 9.17) is 16.2 Å². The minimum absolute atomic E-state index is 0. The third kappa shape index (κ3) is 2.33. The van der Waals surface area contributed by atoms with E-state index < -0.39 is 5.56 Å². The van der Waals surface area contributed by atoms with Crippen molar-refractivity contribution in [3.63, 3.8) is 0 Å². The summed E-state index contributed by atoms with van der Waals surface area (Å²) in [5.74, 6) is 4.78. The van der Waals surface area contributed by atoms with Crippen LogP contribution in [0.3, 0.4) is 0 Å². The number of pyridine rings is 1. The topological polar surface area (TPSA) is 92.0 Å². The van der Waals surface area contributed by atoms with Gasteiger partial charge in [0.2, 0.25) is 5.88 Å². The molecule has 0 saturated heterocycles. The summed E-state index contributed by atoms with van der Waals surface area (Å²) < 4.78 is 0.533. The number of nitriles is 1. The van der Waals surface area contributed by atoms with Gasteiger partial charge >= 0.3 is 51.4 Å². The van der Waals surface area contributed by atoms with Crippen molar-refractivity contribution in [2.45, 2.75) is 6.92 Å².